The number of benzene rings is 1. The minimum absolute atomic E-state index is 0.255. The Kier molecular flexibility index (Phi) is 5.84. The van der Waals surface area contributed by atoms with Gasteiger partial charge in [-0.15, -0.1) is 0 Å². The number of piperazine rings is 1. The molecule has 6 nitrogen and oxygen atoms in total. The van der Waals surface area contributed by atoms with E-state index in [9.17, 15) is 4.79 Å². The molecule has 2 aromatic rings. The summed E-state index contributed by atoms with van der Waals surface area (Å²) in [5.74, 6) is 1.47. The Morgan fingerprint density at radius 2 is 1.70 bits per heavy atom. The molecule has 0 N–H and O–H groups in total. The predicted octanol–water partition coefficient (Wildman–Crippen LogP) is 3.72. The zero-order valence-electron chi connectivity index (χ0n) is 16.2. The average molecular weight is 369 g/mol. The molecule has 144 valence electrons. The summed E-state index contributed by atoms with van der Waals surface area (Å²) in [5.41, 5.74) is 0.635. The lowest BCUT2D eigenvalue weighted by Crippen LogP contribution is -2.50. The van der Waals surface area contributed by atoms with Crippen LogP contribution in [0.4, 0.5) is 10.6 Å². The highest BCUT2D eigenvalue weighted by atomic mass is 16.6. The van der Waals surface area contributed by atoms with Gasteiger partial charge in [0.15, 0.2) is 0 Å². The van der Waals surface area contributed by atoms with Crippen LogP contribution >= 0.6 is 0 Å². The van der Waals surface area contributed by atoms with Gasteiger partial charge in [0, 0.05) is 32.2 Å². The molecular weight excluding hydrogens is 342 g/mol. The van der Waals surface area contributed by atoms with E-state index in [-0.39, 0.29) is 6.09 Å². The van der Waals surface area contributed by atoms with Crippen LogP contribution in [-0.2, 0) is 11.3 Å². The number of amides is 1. The van der Waals surface area contributed by atoms with Gasteiger partial charge in [0.25, 0.3) is 0 Å². The van der Waals surface area contributed by atoms with Crippen molar-refractivity contribution in [2.45, 2.75) is 33.0 Å². The molecule has 0 atom stereocenters. The number of ether oxygens (including phenoxy) is 2. The van der Waals surface area contributed by atoms with Crippen molar-refractivity contribution in [3.8, 4) is 5.88 Å². The van der Waals surface area contributed by atoms with Gasteiger partial charge in [-0.05, 0) is 32.4 Å². The lowest BCUT2D eigenvalue weighted by atomic mass is 10.2. The van der Waals surface area contributed by atoms with Gasteiger partial charge in [0.05, 0.1) is 0 Å². The molecule has 0 bridgehead atoms. The summed E-state index contributed by atoms with van der Waals surface area (Å²) in [6.07, 6.45) is -0.255. The van der Waals surface area contributed by atoms with E-state index in [1.54, 1.807) is 4.90 Å². The number of hydrogen-bond acceptors (Lipinski definition) is 5. The standard InChI is InChI=1S/C21H27N3O3/c1-21(2,3)27-20(25)24-14-12-23(13-15-24)18-10-7-11-19(22-18)26-16-17-8-5-4-6-9-17/h4-11H,12-16H2,1-3H3. The fourth-order valence-electron chi connectivity index (χ4n) is 2.84. The molecule has 1 aromatic heterocycles. The van der Waals surface area contributed by atoms with Crippen molar-refractivity contribution < 1.29 is 14.3 Å². The van der Waals surface area contributed by atoms with Crippen LogP contribution in [0.3, 0.4) is 0 Å². The van der Waals surface area contributed by atoms with Gasteiger partial charge >= 0.3 is 6.09 Å². The molecule has 3 rings (SSSR count). The number of pyridine rings is 1. The number of rotatable bonds is 4. The van der Waals surface area contributed by atoms with Crippen LogP contribution in [0.25, 0.3) is 0 Å². The lowest BCUT2D eigenvalue weighted by Gasteiger charge is -2.36. The van der Waals surface area contributed by atoms with Crippen molar-refractivity contribution in [1.82, 2.24) is 9.88 Å². The Bertz CT molecular complexity index is 751. The molecule has 0 saturated carbocycles. The van der Waals surface area contributed by atoms with Crippen molar-refractivity contribution in [1.29, 1.82) is 0 Å². The van der Waals surface area contributed by atoms with Crippen LogP contribution in [-0.4, -0.2) is 47.8 Å². The zero-order chi connectivity index (χ0) is 19.3. The summed E-state index contributed by atoms with van der Waals surface area (Å²) in [4.78, 5) is 20.7. The maximum atomic E-state index is 12.2. The van der Waals surface area contributed by atoms with E-state index < -0.39 is 5.60 Å². The number of anilines is 1. The Labute approximate surface area is 160 Å². The van der Waals surface area contributed by atoms with E-state index in [2.05, 4.69) is 9.88 Å². The molecule has 0 spiro atoms. The molecule has 0 aliphatic carbocycles. The number of carbonyl (C=O) groups excluding carboxylic acids is 1. The Morgan fingerprint density at radius 3 is 2.37 bits per heavy atom. The number of nitrogens with zero attached hydrogens (tertiary/aromatic N) is 3. The lowest BCUT2D eigenvalue weighted by molar-refractivity contribution is 0.0240. The third kappa shape index (κ3) is 5.61. The molecule has 1 amide bonds. The summed E-state index contributed by atoms with van der Waals surface area (Å²) in [5, 5.41) is 0. The summed E-state index contributed by atoms with van der Waals surface area (Å²) in [6, 6.07) is 15.8. The van der Waals surface area contributed by atoms with Gasteiger partial charge in [-0.2, -0.15) is 4.98 Å². The normalized spacial score (nSPS) is 14.8. The second-order valence-corrected chi connectivity index (χ2v) is 7.56. The van der Waals surface area contributed by atoms with Crippen molar-refractivity contribution in [2.24, 2.45) is 0 Å². The van der Waals surface area contributed by atoms with Gasteiger partial charge in [-0.1, -0.05) is 36.4 Å². The van der Waals surface area contributed by atoms with E-state index in [1.807, 2.05) is 69.3 Å². The first kappa shape index (κ1) is 19.0. The van der Waals surface area contributed by atoms with Gasteiger partial charge in [-0.25, -0.2) is 4.79 Å². The van der Waals surface area contributed by atoms with Gasteiger partial charge < -0.3 is 19.3 Å². The zero-order valence-corrected chi connectivity index (χ0v) is 16.2. The molecule has 1 fully saturated rings. The first-order valence-corrected chi connectivity index (χ1v) is 9.27. The topological polar surface area (TPSA) is 54.9 Å². The van der Waals surface area contributed by atoms with Crippen molar-refractivity contribution in [3.05, 3.63) is 54.1 Å². The van der Waals surface area contributed by atoms with Crippen LogP contribution in [0.5, 0.6) is 5.88 Å². The number of hydrogen-bond donors (Lipinski definition) is 0. The van der Waals surface area contributed by atoms with Crippen molar-refractivity contribution in [3.63, 3.8) is 0 Å². The Morgan fingerprint density at radius 1 is 1.00 bits per heavy atom. The van der Waals surface area contributed by atoms with E-state index in [4.69, 9.17) is 9.47 Å². The molecule has 6 heteroatoms. The molecular formula is C21H27N3O3. The SMILES string of the molecule is CC(C)(C)OC(=O)N1CCN(c2cccc(OCc3ccccc3)n2)CC1. The molecule has 2 heterocycles. The molecule has 1 saturated heterocycles. The van der Waals surface area contributed by atoms with Gasteiger partial charge in [-0.3, -0.25) is 0 Å². The van der Waals surface area contributed by atoms with Crippen molar-refractivity contribution in [2.75, 3.05) is 31.1 Å². The fraction of sp³-hybridized carbons (Fsp3) is 0.429. The highest BCUT2D eigenvalue weighted by Gasteiger charge is 2.26. The minimum Gasteiger partial charge on any atom is -0.473 e. The molecule has 1 aliphatic rings. The monoisotopic (exact) mass is 369 g/mol. The van der Waals surface area contributed by atoms with Crippen LogP contribution in [0.2, 0.25) is 0 Å². The number of aromatic nitrogens is 1. The first-order valence-electron chi connectivity index (χ1n) is 9.27. The van der Waals surface area contributed by atoms with Crippen LogP contribution < -0.4 is 9.64 Å². The average Bonchev–Trinajstić information content (AvgIpc) is 2.66. The van der Waals surface area contributed by atoms with Gasteiger partial charge in [0.2, 0.25) is 5.88 Å². The maximum absolute atomic E-state index is 12.2. The van der Waals surface area contributed by atoms with Gasteiger partial charge in [0.1, 0.15) is 18.0 Å². The second-order valence-electron chi connectivity index (χ2n) is 7.56. The smallest absolute Gasteiger partial charge is 0.410 e. The highest BCUT2D eigenvalue weighted by Crippen LogP contribution is 2.19. The summed E-state index contributed by atoms with van der Waals surface area (Å²) in [6.45, 7) is 8.80. The predicted molar refractivity (Wildman–Crippen MR) is 105 cm³/mol. The van der Waals surface area contributed by atoms with E-state index in [0.29, 0.717) is 38.7 Å². The third-order valence-corrected chi connectivity index (χ3v) is 4.19. The summed E-state index contributed by atoms with van der Waals surface area (Å²) >= 11 is 0. The first-order chi connectivity index (χ1) is 12.9. The Hall–Kier alpha value is -2.76. The summed E-state index contributed by atoms with van der Waals surface area (Å²) in [7, 11) is 0. The molecule has 1 aliphatic heterocycles. The third-order valence-electron chi connectivity index (χ3n) is 4.19. The van der Waals surface area contributed by atoms with E-state index >= 15 is 0 Å². The van der Waals surface area contributed by atoms with E-state index in [0.717, 1.165) is 11.4 Å². The van der Waals surface area contributed by atoms with Crippen LogP contribution in [0.1, 0.15) is 26.3 Å². The fourth-order valence-corrected chi connectivity index (χ4v) is 2.84. The second kappa shape index (κ2) is 8.29. The quantitative estimate of drug-likeness (QED) is 0.822. The van der Waals surface area contributed by atoms with Crippen LogP contribution in [0, 0.1) is 0 Å². The number of carbonyl (C=O) groups is 1. The maximum Gasteiger partial charge on any atom is 0.410 e. The molecule has 27 heavy (non-hydrogen) atoms. The Balaban J connectivity index is 1.54. The molecule has 0 unspecified atom stereocenters. The van der Waals surface area contributed by atoms with Crippen LogP contribution in [0.15, 0.2) is 48.5 Å². The molecule has 1 aromatic carbocycles. The van der Waals surface area contributed by atoms with E-state index in [1.165, 1.54) is 0 Å². The highest BCUT2D eigenvalue weighted by molar-refractivity contribution is 5.68. The largest absolute Gasteiger partial charge is 0.473 e. The van der Waals surface area contributed by atoms with Crippen molar-refractivity contribution >= 4 is 11.9 Å². The minimum atomic E-state index is -0.472. The molecule has 0 radical (unpaired) electrons. The summed E-state index contributed by atoms with van der Waals surface area (Å²) < 4.78 is 11.3.